The molecule has 0 bridgehead atoms. The van der Waals surface area contributed by atoms with E-state index in [2.05, 4.69) is 15.3 Å². The van der Waals surface area contributed by atoms with Gasteiger partial charge in [-0.3, -0.25) is 25.1 Å². The van der Waals surface area contributed by atoms with Gasteiger partial charge in [-0.1, -0.05) is 11.6 Å². The highest BCUT2D eigenvalue weighted by atomic mass is 35.5. The van der Waals surface area contributed by atoms with Crippen molar-refractivity contribution < 1.29 is 24.0 Å². The van der Waals surface area contributed by atoms with Gasteiger partial charge >= 0.3 is 5.97 Å². The molecule has 1 saturated heterocycles. The Kier molecular flexibility index (Phi) is 3.68. The van der Waals surface area contributed by atoms with E-state index >= 15 is 0 Å². The Morgan fingerprint density at radius 1 is 1.42 bits per heavy atom. The van der Waals surface area contributed by atoms with Crippen LogP contribution in [0.1, 0.15) is 0 Å². The lowest BCUT2D eigenvalue weighted by Gasteiger charge is -2.15. The zero-order valence-corrected chi connectivity index (χ0v) is 12.8. The van der Waals surface area contributed by atoms with Gasteiger partial charge in [0.15, 0.2) is 5.71 Å². The number of ether oxygens (including phenoxy) is 1. The van der Waals surface area contributed by atoms with Gasteiger partial charge in [0.05, 0.1) is 17.7 Å². The summed E-state index contributed by atoms with van der Waals surface area (Å²) < 4.78 is 4.53. The largest absolute Gasteiger partial charge is 0.464 e. The number of nitro groups is 1. The average molecular weight is 353 g/mol. The number of hydrogen-bond donors (Lipinski definition) is 1. The number of anilines is 1. The van der Waals surface area contributed by atoms with Gasteiger partial charge in [0.25, 0.3) is 11.6 Å². The monoisotopic (exact) mass is 352 g/mol. The highest BCUT2D eigenvalue weighted by Gasteiger charge is 2.55. The highest BCUT2D eigenvalue weighted by Crippen LogP contribution is 2.34. The van der Waals surface area contributed by atoms with Gasteiger partial charge in [0.1, 0.15) is 17.0 Å². The van der Waals surface area contributed by atoms with Crippen LogP contribution in [-0.2, 0) is 19.1 Å². The topological polar surface area (TPSA) is 131 Å². The maximum Gasteiger partial charge on any atom is 0.355 e. The number of hydrazone groups is 1. The first kappa shape index (κ1) is 15.9. The van der Waals surface area contributed by atoms with Crippen LogP contribution in [0.2, 0.25) is 5.02 Å². The van der Waals surface area contributed by atoms with Crippen LogP contribution in [-0.4, -0.2) is 41.6 Å². The first-order valence-corrected chi connectivity index (χ1v) is 6.97. The summed E-state index contributed by atoms with van der Waals surface area (Å²) in [4.78, 5) is 47.7. The fraction of sp³-hybridized carbons (Fsp3) is 0.231. The van der Waals surface area contributed by atoms with Crippen LogP contribution in [0.5, 0.6) is 0 Å². The van der Waals surface area contributed by atoms with E-state index in [1.807, 2.05) is 0 Å². The first-order valence-electron chi connectivity index (χ1n) is 6.60. The molecule has 10 nitrogen and oxygen atoms in total. The molecule has 2 amide bonds. The molecule has 0 aliphatic carbocycles. The minimum absolute atomic E-state index is 0.0125. The van der Waals surface area contributed by atoms with E-state index in [-0.39, 0.29) is 16.4 Å². The summed E-state index contributed by atoms with van der Waals surface area (Å²) in [6.45, 7) is 0. The van der Waals surface area contributed by atoms with Crippen molar-refractivity contribution in [3.8, 4) is 0 Å². The van der Waals surface area contributed by atoms with E-state index in [4.69, 9.17) is 11.6 Å². The Balaban J connectivity index is 2.00. The third-order valence-electron chi connectivity index (χ3n) is 3.70. The number of methoxy groups -OCH3 is 1. The van der Waals surface area contributed by atoms with Crippen molar-refractivity contribution in [3.63, 3.8) is 0 Å². The number of rotatable bonds is 3. The molecule has 1 fully saturated rings. The highest BCUT2D eigenvalue weighted by molar-refractivity contribution is 6.46. The molecule has 1 N–H and O–H groups in total. The van der Waals surface area contributed by atoms with Crippen LogP contribution in [0.4, 0.5) is 11.4 Å². The summed E-state index contributed by atoms with van der Waals surface area (Å²) in [5.41, 5.74) is 1.76. The molecule has 2 aliphatic heterocycles. The lowest BCUT2D eigenvalue weighted by atomic mass is 9.99. The van der Waals surface area contributed by atoms with Crippen LogP contribution in [0.3, 0.4) is 0 Å². The number of nitrogens with zero attached hydrogens (tertiary/aromatic N) is 3. The summed E-state index contributed by atoms with van der Waals surface area (Å²) >= 11 is 5.73. The summed E-state index contributed by atoms with van der Waals surface area (Å²) in [5.74, 6) is -3.38. The molecule has 24 heavy (non-hydrogen) atoms. The second-order valence-corrected chi connectivity index (χ2v) is 5.38. The number of benzene rings is 1. The third kappa shape index (κ3) is 2.19. The smallest absolute Gasteiger partial charge is 0.355 e. The molecule has 1 aromatic rings. The van der Waals surface area contributed by atoms with Crippen molar-refractivity contribution in [3.05, 3.63) is 33.3 Å². The van der Waals surface area contributed by atoms with Crippen LogP contribution < -0.4 is 10.3 Å². The number of carbonyl (C=O) groups excluding carboxylic acids is 3. The fourth-order valence-electron chi connectivity index (χ4n) is 2.60. The molecule has 1 aromatic carbocycles. The first-order chi connectivity index (χ1) is 11.4. The van der Waals surface area contributed by atoms with Crippen LogP contribution in [0, 0.1) is 16.0 Å². The Morgan fingerprint density at radius 3 is 2.75 bits per heavy atom. The van der Waals surface area contributed by atoms with Gasteiger partial charge in [0, 0.05) is 6.07 Å². The summed E-state index contributed by atoms with van der Waals surface area (Å²) in [6.07, 6.45) is 0. The number of nitro benzene ring substituents is 1. The molecular weight excluding hydrogens is 344 g/mol. The summed E-state index contributed by atoms with van der Waals surface area (Å²) in [6, 6.07) is 2.49. The predicted molar refractivity (Wildman–Crippen MR) is 80.5 cm³/mol. The van der Waals surface area contributed by atoms with E-state index in [1.54, 1.807) is 0 Å². The number of fused-ring (bicyclic) bond motifs is 1. The maximum absolute atomic E-state index is 12.6. The lowest BCUT2D eigenvalue weighted by Crippen LogP contribution is -2.36. The van der Waals surface area contributed by atoms with E-state index in [9.17, 15) is 24.5 Å². The van der Waals surface area contributed by atoms with Gasteiger partial charge in [-0.2, -0.15) is 5.10 Å². The normalized spacial score (nSPS) is 22.1. The molecule has 0 radical (unpaired) electrons. The number of imide groups is 1. The lowest BCUT2D eigenvalue weighted by molar-refractivity contribution is -0.384. The van der Waals surface area contributed by atoms with Crippen molar-refractivity contribution in [1.82, 2.24) is 5.43 Å². The number of amides is 2. The molecule has 2 aliphatic rings. The molecule has 124 valence electrons. The maximum atomic E-state index is 12.6. The van der Waals surface area contributed by atoms with E-state index < -0.39 is 40.4 Å². The second kappa shape index (κ2) is 5.57. The predicted octanol–water partition coefficient (Wildman–Crippen LogP) is 0.238. The minimum atomic E-state index is -1.14. The van der Waals surface area contributed by atoms with Crippen LogP contribution in [0.15, 0.2) is 23.3 Å². The molecule has 2 heterocycles. The molecular formula is C13H9ClN4O6. The summed E-state index contributed by atoms with van der Waals surface area (Å²) in [5, 5.41) is 14.5. The van der Waals surface area contributed by atoms with Crippen molar-refractivity contribution in [2.45, 2.75) is 6.04 Å². The van der Waals surface area contributed by atoms with Crippen molar-refractivity contribution in [1.29, 1.82) is 0 Å². The standard InChI is InChI=1S/C13H9ClN4O6/c1-24-13(21)10-8-9(15-16-10)12(20)17(11(8)19)5-2-3-6(14)7(4-5)18(22)23/h2-4,8-9,15H,1H3. The van der Waals surface area contributed by atoms with Gasteiger partial charge in [-0.05, 0) is 12.1 Å². The third-order valence-corrected chi connectivity index (χ3v) is 4.02. The van der Waals surface area contributed by atoms with Gasteiger partial charge < -0.3 is 4.74 Å². The van der Waals surface area contributed by atoms with Gasteiger partial charge in [0.2, 0.25) is 5.91 Å². The number of nitrogens with one attached hydrogen (secondary N) is 1. The molecule has 0 saturated carbocycles. The summed E-state index contributed by atoms with van der Waals surface area (Å²) in [7, 11) is 1.12. The molecule has 2 unspecified atom stereocenters. The number of hydrogen-bond acceptors (Lipinski definition) is 8. The van der Waals surface area contributed by atoms with Crippen LogP contribution >= 0.6 is 11.6 Å². The number of esters is 1. The Labute approximate surface area is 139 Å². The van der Waals surface area contributed by atoms with Crippen LogP contribution in [0.25, 0.3) is 0 Å². The average Bonchev–Trinajstić information content (AvgIpc) is 3.08. The Hall–Kier alpha value is -3.01. The van der Waals surface area contributed by atoms with Gasteiger partial charge in [-0.25, -0.2) is 9.69 Å². The number of carbonyl (C=O) groups is 3. The van der Waals surface area contributed by atoms with E-state index in [0.717, 1.165) is 18.1 Å². The molecule has 0 aromatic heterocycles. The fourth-order valence-corrected chi connectivity index (χ4v) is 2.78. The van der Waals surface area contributed by atoms with Crippen molar-refractivity contribution >= 4 is 46.5 Å². The molecule has 2 atom stereocenters. The van der Waals surface area contributed by atoms with E-state index in [0.29, 0.717) is 0 Å². The Bertz CT molecular complexity index is 823. The Morgan fingerprint density at radius 2 is 2.12 bits per heavy atom. The number of halogens is 1. The molecule has 11 heteroatoms. The van der Waals surface area contributed by atoms with Crippen molar-refractivity contribution in [2.24, 2.45) is 11.0 Å². The minimum Gasteiger partial charge on any atom is -0.464 e. The van der Waals surface area contributed by atoms with Crippen molar-refractivity contribution in [2.75, 3.05) is 12.0 Å². The quantitative estimate of drug-likeness (QED) is 0.356. The van der Waals surface area contributed by atoms with Gasteiger partial charge in [-0.15, -0.1) is 0 Å². The SMILES string of the molecule is COC(=O)C1=NNC2C(=O)N(c3ccc(Cl)c([N+](=O)[O-])c3)C(=O)C12. The molecule has 0 spiro atoms. The zero-order chi connectivity index (χ0) is 17.6. The zero-order valence-electron chi connectivity index (χ0n) is 12.1. The van der Waals surface area contributed by atoms with E-state index in [1.165, 1.54) is 12.1 Å². The molecule has 3 rings (SSSR count). The second-order valence-electron chi connectivity index (χ2n) is 4.98.